The normalized spacial score (nSPS) is 10.8. The third-order valence-corrected chi connectivity index (χ3v) is 2.25. The van der Waals surface area contributed by atoms with E-state index in [2.05, 4.69) is 12.3 Å². The zero-order valence-electron chi connectivity index (χ0n) is 8.16. The first kappa shape index (κ1) is 12.8. The predicted octanol–water partition coefficient (Wildman–Crippen LogP) is 2.59. The first-order valence-corrected chi connectivity index (χ1v) is 4.82. The van der Waals surface area contributed by atoms with Gasteiger partial charge in [-0.3, -0.25) is 0 Å². The highest BCUT2D eigenvalue weighted by molar-refractivity contribution is 7.12. The number of hydrogen-bond acceptors (Lipinski definition) is 3. The molecule has 1 heterocycles. The number of hydrogen-bond donors (Lipinski definition) is 1. The van der Waals surface area contributed by atoms with E-state index in [4.69, 9.17) is 10.5 Å². The molecule has 0 aliphatic heterocycles. The molecule has 0 aliphatic rings. The molecule has 0 saturated heterocycles. The van der Waals surface area contributed by atoms with Gasteiger partial charge in [-0.15, -0.1) is 23.7 Å². The Kier molecular flexibility index (Phi) is 4.75. The zero-order valence-corrected chi connectivity index (χ0v) is 9.80. The van der Waals surface area contributed by atoms with Crippen molar-refractivity contribution in [3.05, 3.63) is 17.0 Å². The summed E-state index contributed by atoms with van der Waals surface area (Å²) in [6, 6.07) is 2.02. The number of aryl methyl sites for hydroxylation is 1. The van der Waals surface area contributed by atoms with Crippen molar-refractivity contribution in [2.24, 2.45) is 5.73 Å². The van der Waals surface area contributed by atoms with Crippen LogP contribution in [0.3, 0.4) is 0 Å². The summed E-state index contributed by atoms with van der Waals surface area (Å²) in [5.41, 5.74) is 6.76. The van der Waals surface area contributed by atoms with Gasteiger partial charge in [0.2, 0.25) is 0 Å². The topological polar surface area (TPSA) is 35.2 Å². The largest absolute Gasteiger partial charge is 0.482 e. The summed E-state index contributed by atoms with van der Waals surface area (Å²) in [5.74, 6) is 0. The Labute approximate surface area is 89.5 Å². The van der Waals surface area contributed by atoms with Gasteiger partial charge in [0.05, 0.1) is 0 Å². The van der Waals surface area contributed by atoms with Gasteiger partial charge in [0, 0.05) is 5.54 Å². The van der Waals surface area contributed by atoms with Crippen molar-refractivity contribution >= 4 is 23.7 Å². The molecular formula is C9H16ClNOS. The highest BCUT2D eigenvalue weighted by atomic mass is 35.5. The van der Waals surface area contributed by atoms with E-state index in [-0.39, 0.29) is 17.9 Å². The quantitative estimate of drug-likeness (QED) is 0.852. The number of rotatable bonds is 3. The van der Waals surface area contributed by atoms with Crippen LogP contribution in [0.5, 0.6) is 5.06 Å². The molecule has 1 aromatic heterocycles. The minimum Gasteiger partial charge on any atom is -0.482 e. The van der Waals surface area contributed by atoms with Crippen molar-refractivity contribution in [1.29, 1.82) is 0 Å². The summed E-state index contributed by atoms with van der Waals surface area (Å²) in [7, 11) is 0. The van der Waals surface area contributed by atoms with Crippen molar-refractivity contribution < 1.29 is 4.74 Å². The molecule has 1 rings (SSSR count). The van der Waals surface area contributed by atoms with Crippen LogP contribution >= 0.6 is 23.7 Å². The Balaban J connectivity index is 0.00000144. The van der Waals surface area contributed by atoms with Crippen LogP contribution in [0.25, 0.3) is 0 Å². The fourth-order valence-corrected chi connectivity index (χ4v) is 1.49. The lowest BCUT2D eigenvalue weighted by molar-refractivity contribution is 0.249. The summed E-state index contributed by atoms with van der Waals surface area (Å²) >= 11 is 1.61. The Hall–Kier alpha value is -0.250. The van der Waals surface area contributed by atoms with E-state index in [0.29, 0.717) is 6.61 Å². The van der Waals surface area contributed by atoms with Crippen molar-refractivity contribution in [3.8, 4) is 5.06 Å². The van der Waals surface area contributed by atoms with Gasteiger partial charge in [-0.25, -0.2) is 0 Å². The molecule has 1 aromatic rings. The van der Waals surface area contributed by atoms with E-state index in [1.54, 1.807) is 11.3 Å². The second-order valence-corrected chi connectivity index (χ2v) is 4.59. The lowest BCUT2D eigenvalue weighted by Gasteiger charge is -2.17. The van der Waals surface area contributed by atoms with Crippen molar-refractivity contribution in [1.82, 2.24) is 0 Å². The predicted molar refractivity (Wildman–Crippen MR) is 60.1 cm³/mol. The molecule has 76 valence electrons. The van der Waals surface area contributed by atoms with E-state index < -0.39 is 0 Å². The molecule has 0 aromatic carbocycles. The Morgan fingerprint density at radius 3 is 2.54 bits per heavy atom. The zero-order chi connectivity index (χ0) is 9.19. The van der Waals surface area contributed by atoms with Gasteiger partial charge >= 0.3 is 0 Å². The Bertz CT molecular complexity index is 254. The second-order valence-electron chi connectivity index (χ2n) is 3.72. The van der Waals surface area contributed by atoms with Crippen LogP contribution in [-0.2, 0) is 0 Å². The van der Waals surface area contributed by atoms with Crippen LogP contribution in [0.4, 0.5) is 0 Å². The summed E-state index contributed by atoms with van der Waals surface area (Å²) < 4.78 is 5.48. The monoisotopic (exact) mass is 221 g/mol. The van der Waals surface area contributed by atoms with Crippen LogP contribution < -0.4 is 10.5 Å². The van der Waals surface area contributed by atoms with E-state index in [1.807, 2.05) is 19.9 Å². The fraction of sp³-hybridized carbons (Fsp3) is 0.556. The number of nitrogens with two attached hydrogens (primary N) is 1. The average Bonchev–Trinajstić information content (AvgIpc) is 2.30. The number of halogens is 1. The maximum Gasteiger partial charge on any atom is 0.174 e. The molecule has 0 atom stereocenters. The van der Waals surface area contributed by atoms with Gasteiger partial charge in [-0.1, -0.05) is 0 Å². The molecular weight excluding hydrogens is 206 g/mol. The molecule has 0 aliphatic carbocycles. The lowest BCUT2D eigenvalue weighted by atomic mass is 10.1. The Morgan fingerprint density at radius 1 is 1.54 bits per heavy atom. The fourth-order valence-electron chi connectivity index (χ4n) is 0.738. The first-order valence-electron chi connectivity index (χ1n) is 3.94. The van der Waals surface area contributed by atoms with Gasteiger partial charge in [0.1, 0.15) is 6.61 Å². The molecule has 0 amide bonds. The summed E-state index contributed by atoms with van der Waals surface area (Å²) in [6.07, 6.45) is 0. The molecule has 0 fully saturated rings. The van der Waals surface area contributed by atoms with Gasteiger partial charge in [0.15, 0.2) is 5.06 Å². The van der Waals surface area contributed by atoms with Crippen molar-refractivity contribution in [2.45, 2.75) is 26.3 Å². The minimum atomic E-state index is -0.252. The van der Waals surface area contributed by atoms with Gasteiger partial charge in [-0.2, -0.15) is 0 Å². The Morgan fingerprint density at radius 2 is 2.15 bits per heavy atom. The molecule has 0 saturated carbocycles. The molecule has 2 nitrogen and oxygen atoms in total. The molecule has 2 N–H and O–H groups in total. The van der Waals surface area contributed by atoms with Crippen LogP contribution in [0.2, 0.25) is 0 Å². The molecule has 0 spiro atoms. The third kappa shape index (κ3) is 5.13. The first-order chi connectivity index (χ1) is 5.47. The summed E-state index contributed by atoms with van der Waals surface area (Å²) in [4.78, 5) is 0. The van der Waals surface area contributed by atoms with Gasteiger partial charge in [-0.05, 0) is 37.8 Å². The van der Waals surface area contributed by atoms with Crippen molar-refractivity contribution in [3.63, 3.8) is 0 Å². The van der Waals surface area contributed by atoms with Gasteiger partial charge < -0.3 is 10.5 Å². The summed E-state index contributed by atoms with van der Waals surface area (Å²) in [5, 5.41) is 3.02. The smallest absolute Gasteiger partial charge is 0.174 e. The maximum absolute atomic E-state index is 5.77. The van der Waals surface area contributed by atoms with Crippen LogP contribution in [0.15, 0.2) is 11.4 Å². The lowest BCUT2D eigenvalue weighted by Crippen LogP contribution is -2.38. The third-order valence-electron chi connectivity index (χ3n) is 1.29. The van der Waals surface area contributed by atoms with Crippen LogP contribution in [-0.4, -0.2) is 12.1 Å². The number of ether oxygens (including phenoxy) is 1. The maximum atomic E-state index is 5.77. The van der Waals surface area contributed by atoms with E-state index >= 15 is 0 Å². The van der Waals surface area contributed by atoms with E-state index in [9.17, 15) is 0 Å². The number of thiophene rings is 1. The van der Waals surface area contributed by atoms with Crippen molar-refractivity contribution in [2.75, 3.05) is 6.61 Å². The second kappa shape index (κ2) is 4.84. The molecule has 0 radical (unpaired) electrons. The average molecular weight is 222 g/mol. The van der Waals surface area contributed by atoms with Crippen LogP contribution in [0, 0.1) is 6.92 Å². The highest BCUT2D eigenvalue weighted by Gasteiger charge is 2.11. The van der Waals surface area contributed by atoms with E-state index in [1.165, 1.54) is 5.56 Å². The molecule has 13 heavy (non-hydrogen) atoms. The van der Waals surface area contributed by atoms with Gasteiger partial charge in [0.25, 0.3) is 0 Å². The molecule has 0 bridgehead atoms. The summed E-state index contributed by atoms with van der Waals surface area (Å²) in [6.45, 7) is 6.52. The SMILES string of the molecule is Cc1csc(OCC(C)(C)N)c1.Cl. The highest BCUT2D eigenvalue weighted by Crippen LogP contribution is 2.22. The standard InChI is InChI=1S/C9H15NOS.ClH/c1-7-4-8(12-5-7)11-6-9(2,3)10;/h4-5H,6,10H2,1-3H3;1H. The molecule has 4 heteroatoms. The van der Waals surface area contributed by atoms with Crippen LogP contribution in [0.1, 0.15) is 19.4 Å². The molecule has 0 unspecified atom stereocenters. The van der Waals surface area contributed by atoms with E-state index in [0.717, 1.165) is 5.06 Å². The minimum absolute atomic E-state index is 0.